The Morgan fingerprint density at radius 1 is 1.65 bits per heavy atom. The minimum absolute atomic E-state index is 0.0930. The molecule has 1 saturated heterocycles. The summed E-state index contributed by atoms with van der Waals surface area (Å²) >= 11 is 0. The van der Waals surface area contributed by atoms with Crippen LogP contribution in [0, 0.1) is 5.82 Å². The van der Waals surface area contributed by atoms with E-state index in [1.807, 2.05) is 0 Å². The van der Waals surface area contributed by atoms with Gasteiger partial charge >= 0.3 is 6.03 Å². The van der Waals surface area contributed by atoms with Gasteiger partial charge in [-0.15, -0.1) is 0 Å². The third-order valence-electron chi connectivity index (χ3n) is 2.74. The predicted octanol–water partition coefficient (Wildman–Crippen LogP) is 1.47. The zero-order chi connectivity index (χ0) is 12.3. The molecule has 1 aliphatic rings. The quantitative estimate of drug-likeness (QED) is 0.850. The Kier molecular flexibility index (Phi) is 3.53. The van der Waals surface area contributed by atoms with Crippen LogP contribution in [0.1, 0.15) is 6.42 Å². The molecule has 0 aromatic carbocycles. The average molecular weight is 239 g/mol. The molecule has 1 aromatic heterocycles. The van der Waals surface area contributed by atoms with Gasteiger partial charge < -0.3 is 9.64 Å². The van der Waals surface area contributed by atoms with E-state index in [-0.39, 0.29) is 12.1 Å². The molecular formula is C11H14FN3O2. The van der Waals surface area contributed by atoms with E-state index in [1.165, 1.54) is 12.1 Å². The number of aromatic nitrogens is 1. The van der Waals surface area contributed by atoms with Crippen LogP contribution in [0.3, 0.4) is 0 Å². The lowest BCUT2D eigenvalue weighted by Gasteiger charge is -2.23. The monoisotopic (exact) mass is 239 g/mol. The fourth-order valence-corrected chi connectivity index (χ4v) is 1.64. The number of halogens is 1. The number of nitrogens with zero attached hydrogens (tertiary/aromatic N) is 2. The number of nitrogens with one attached hydrogen (secondary N) is 1. The maximum atomic E-state index is 12.6. The molecule has 0 bridgehead atoms. The van der Waals surface area contributed by atoms with Gasteiger partial charge in [0.1, 0.15) is 11.6 Å². The Balaban J connectivity index is 1.93. The highest BCUT2D eigenvalue weighted by atomic mass is 19.1. The maximum Gasteiger partial charge on any atom is 0.323 e. The van der Waals surface area contributed by atoms with Crippen LogP contribution in [0.5, 0.6) is 0 Å². The fourth-order valence-electron chi connectivity index (χ4n) is 1.64. The molecule has 2 amide bonds. The highest BCUT2D eigenvalue weighted by Crippen LogP contribution is 2.12. The summed E-state index contributed by atoms with van der Waals surface area (Å²) in [5.41, 5.74) is 0. The fraction of sp³-hybridized carbons (Fsp3) is 0.455. The third kappa shape index (κ3) is 2.91. The van der Waals surface area contributed by atoms with E-state index in [4.69, 9.17) is 4.74 Å². The second-order valence-electron chi connectivity index (χ2n) is 3.92. The molecule has 1 fully saturated rings. The van der Waals surface area contributed by atoms with Gasteiger partial charge in [0.15, 0.2) is 0 Å². The number of carbonyl (C=O) groups excluding carboxylic acids is 1. The first-order valence-corrected chi connectivity index (χ1v) is 5.40. The SMILES string of the molecule is CN(C(=O)Nc1ccc(F)cn1)C1CCOC1. The van der Waals surface area contributed by atoms with Gasteiger partial charge in [0.2, 0.25) is 0 Å². The molecule has 1 aromatic rings. The van der Waals surface area contributed by atoms with Crippen molar-refractivity contribution in [1.29, 1.82) is 0 Å². The molecule has 0 aliphatic carbocycles. The first-order chi connectivity index (χ1) is 8.16. The van der Waals surface area contributed by atoms with E-state index < -0.39 is 5.82 Å². The lowest BCUT2D eigenvalue weighted by atomic mass is 10.2. The number of hydrogen-bond acceptors (Lipinski definition) is 3. The number of carbonyl (C=O) groups is 1. The smallest absolute Gasteiger partial charge is 0.323 e. The van der Waals surface area contributed by atoms with Gasteiger partial charge in [-0.2, -0.15) is 0 Å². The number of hydrogen-bond donors (Lipinski definition) is 1. The number of urea groups is 1. The van der Waals surface area contributed by atoms with Crippen LogP contribution in [0.4, 0.5) is 15.0 Å². The number of amides is 2. The standard InChI is InChI=1S/C11H14FN3O2/c1-15(9-4-5-17-7-9)11(16)14-10-3-2-8(12)6-13-10/h2-3,6,9H,4-5,7H2,1H3,(H,13,14,16). The average Bonchev–Trinajstić information content (AvgIpc) is 2.84. The van der Waals surface area contributed by atoms with Gasteiger partial charge in [0.25, 0.3) is 0 Å². The van der Waals surface area contributed by atoms with Crippen molar-refractivity contribution in [3.63, 3.8) is 0 Å². The van der Waals surface area contributed by atoms with Crippen LogP contribution in [0.25, 0.3) is 0 Å². The maximum absolute atomic E-state index is 12.6. The molecule has 0 saturated carbocycles. The van der Waals surface area contributed by atoms with Crippen molar-refractivity contribution in [2.75, 3.05) is 25.6 Å². The molecule has 1 aliphatic heterocycles. The third-order valence-corrected chi connectivity index (χ3v) is 2.74. The number of ether oxygens (including phenoxy) is 1. The lowest BCUT2D eigenvalue weighted by molar-refractivity contribution is 0.163. The van der Waals surface area contributed by atoms with Crippen molar-refractivity contribution in [1.82, 2.24) is 9.88 Å². The number of pyridine rings is 1. The van der Waals surface area contributed by atoms with Gasteiger partial charge in [0.05, 0.1) is 18.8 Å². The van der Waals surface area contributed by atoms with Crippen LogP contribution in [-0.2, 0) is 4.74 Å². The van der Waals surface area contributed by atoms with E-state index in [2.05, 4.69) is 10.3 Å². The number of likely N-dealkylation sites (N-methyl/N-ethyl adjacent to an activating group) is 1. The molecule has 1 N–H and O–H groups in total. The van der Waals surface area contributed by atoms with Gasteiger partial charge in [-0.3, -0.25) is 5.32 Å². The minimum Gasteiger partial charge on any atom is -0.379 e. The van der Waals surface area contributed by atoms with Gasteiger partial charge in [-0.05, 0) is 18.6 Å². The molecular weight excluding hydrogens is 225 g/mol. The molecule has 17 heavy (non-hydrogen) atoms. The summed E-state index contributed by atoms with van der Waals surface area (Å²) in [5, 5.41) is 2.60. The molecule has 2 heterocycles. The number of rotatable bonds is 2. The highest BCUT2D eigenvalue weighted by Gasteiger charge is 2.24. The molecule has 1 atom stereocenters. The predicted molar refractivity (Wildman–Crippen MR) is 60.2 cm³/mol. The van der Waals surface area contributed by atoms with E-state index in [1.54, 1.807) is 11.9 Å². The van der Waals surface area contributed by atoms with E-state index in [0.29, 0.717) is 19.0 Å². The molecule has 6 heteroatoms. The Labute approximate surface area is 98.6 Å². The summed E-state index contributed by atoms with van der Waals surface area (Å²) in [6.07, 6.45) is 1.90. The summed E-state index contributed by atoms with van der Waals surface area (Å²) in [7, 11) is 1.71. The Hall–Kier alpha value is -1.69. The summed E-state index contributed by atoms with van der Waals surface area (Å²) in [5.74, 6) is -0.0947. The normalized spacial score (nSPS) is 19.1. The first kappa shape index (κ1) is 11.8. The summed E-state index contributed by atoms with van der Waals surface area (Å²) in [6, 6.07) is 2.50. The van der Waals surface area contributed by atoms with Crippen molar-refractivity contribution >= 4 is 11.8 Å². The van der Waals surface area contributed by atoms with Gasteiger partial charge in [-0.1, -0.05) is 0 Å². The topological polar surface area (TPSA) is 54.5 Å². The van der Waals surface area contributed by atoms with Gasteiger partial charge in [-0.25, -0.2) is 14.2 Å². The second-order valence-corrected chi connectivity index (χ2v) is 3.92. The summed E-state index contributed by atoms with van der Waals surface area (Å²) < 4.78 is 17.8. The van der Waals surface area contributed by atoms with Gasteiger partial charge in [0, 0.05) is 13.7 Å². The molecule has 0 spiro atoms. The Morgan fingerprint density at radius 2 is 2.47 bits per heavy atom. The largest absolute Gasteiger partial charge is 0.379 e. The van der Waals surface area contributed by atoms with Crippen molar-refractivity contribution in [2.45, 2.75) is 12.5 Å². The lowest BCUT2D eigenvalue weighted by Crippen LogP contribution is -2.40. The molecule has 1 unspecified atom stereocenters. The van der Waals surface area contributed by atoms with Crippen molar-refractivity contribution in [2.24, 2.45) is 0 Å². The number of anilines is 1. The van der Waals surface area contributed by atoms with E-state index in [0.717, 1.165) is 12.6 Å². The first-order valence-electron chi connectivity index (χ1n) is 5.40. The molecule has 5 nitrogen and oxygen atoms in total. The van der Waals surface area contributed by atoms with E-state index >= 15 is 0 Å². The van der Waals surface area contributed by atoms with Crippen molar-refractivity contribution in [3.8, 4) is 0 Å². The highest BCUT2D eigenvalue weighted by molar-refractivity contribution is 5.88. The van der Waals surface area contributed by atoms with Crippen molar-refractivity contribution in [3.05, 3.63) is 24.1 Å². The van der Waals surface area contributed by atoms with Crippen LogP contribution >= 0.6 is 0 Å². The minimum atomic E-state index is -0.430. The molecule has 2 rings (SSSR count). The van der Waals surface area contributed by atoms with Crippen LogP contribution in [-0.4, -0.2) is 42.2 Å². The van der Waals surface area contributed by atoms with Crippen LogP contribution < -0.4 is 5.32 Å². The molecule has 92 valence electrons. The molecule has 0 radical (unpaired) electrons. The zero-order valence-corrected chi connectivity index (χ0v) is 9.52. The second kappa shape index (κ2) is 5.09. The van der Waals surface area contributed by atoms with Crippen molar-refractivity contribution < 1.29 is 13.9 Å². The Morgan fingerprint density at radius 3 is 3.06 bits per heavy atom. The summed E-state index contributed by atoms with van der Waals surface area (Å²) in [6.45, 7) is 1.23. The zero-order valence-electron chi connectivity index (χ0n) is 9.52. The van der Waals surface area contributed by atoms with Crippen LogP contribution in [0.2, 0.25) is 0 Å². The summed E-state index contributed by atoms with van der Waals surface area (Å²) in [4.78, 5) is 17.2. The van der Waals surface area contributed by atoms with Crippen LogP contribution in [0.15, 0.2) is 18.3 Å². The van der Waals surface area contributed by atoms with E-state index in [9.17, 15) is 9.18 Å². The Bertz CT molecular complexity index is 390.